The van der Waals surface area contributed by atoms with Crippen molar-refractivity contribution in [1.29, 1.82) is 0 Å². The van der Waals surface area contributed by atoms with Crippen molar-refractivity contribution in [3.8, 4) is 0 Å². The second-order valence-electron chi connectivity index (χ2n) is 7.72. The normalized spacial score (nSPS) is 17.8. The van der Waals surface area contributed by atoms with E-state index in [1.165, 1.54) is 0 Å². The second kappa shape index (κ2) is 10.2. The molecule has 30 heavy (non-hydrogen) atoms. The van der Waals surface area contributed by atoms with Gasteiger partial charge in [0.2, 0.25) is 0 Å². The molecule has 0 heterocycles. The molecule has 1 aliphatic carbocycles. The van der Waals surface area contributed by atoms with Crippen LogP contribution in [0.5, 0.6) is 0 Å². The molecule has 0 spiro atoms. The topological polar surface area (TPSA) is 9.23 Å². The van der Waals surface area contributed by atoms with Gasteiger partial charge in [-0.15, -0.1) is 0 Å². The van der Waals surface area contributed by atoms with Crippen molar-refractivity contribution in [3.05, 3.63) is 130 Å². The van der Waals surface area contributed by atoms with E-state index in [0.717, 1.165) is 36.0 Å². The Morgan fingerprint density at radius 1 is 0.767 bits per heavy atom. The van der Waals surface area contributed by atoms with Gasteiger partial charge in [0.25, 0.3) is 0 Å². The van der Waals surface area contributed by atoms with Crippen LogP contribution in [-0.4, -0.2) is 6.10 Å². The Kier molecular flexibility index (Phi) is 7.19. The molecule has 2 atom stereocenters. The van der Waals surface area contributed by atoms with Crippen molar-refractivity contribution in [2.24, 2.45) is 5.92 Å². The lowest BCUT2D eigenvalue weighted by Crippen LogP contribution is -2.39. The number of allylic oxidation sites excluding steroid dienone is 2. The molecule has 0 saturated carbocycles. The van der Waals surface area contributed by atoms with Crippen LogP contribution in [0.15, 0.2) is 113 Å². The van der Waals surface area contributed by atoms with Crippen molar-refractivity contribution in [1.82, 2.24) is 0 Å². The highest BCUT2D eigenvalue weighted by Crippen LogP contribution is 2.43. The lowest BCUT2D eigenvalue weighted by molar-refractivity contribution is -0.0517. The van der Waals surface area contributed by atoms with Gasteiger partial charge in [-0.05, 0) is 52.0 Å². The minimum Gasteiger partial charge on any atom is -0.353 e. The van der Waals surface area contributed by atoms with E-state index in [0.29, 0.717) is 5.92 Å². The van der Waals surface area contributed by atoms with E-state index in [2.05, 4.69) is 136 Å². The molecule has 0 saturated heterocycles. The minimum absolute atomic E-state index is 0.0208. The zero-order chi connectivity index (χ0) is 20.7. The fraction of sp³-hybridized carbons (Fsp3) is 0.214. The maximum Gasteiger partial charge on any atom is 0.144 e. The summed E-state index contributed by atoms with van der Waals surface area (Å²) in [5.74, 6) is 0.469. The van der Waals surface area contributed by atoms with Crippen LogP contribution >= 0.6 is 22.6 Å². The van der Waals surface area contributed by atoms with Crippen molar-refractivity contribution < 1.29 is 4.74 Å². The summed E-state index contributed by atoms with van der Waals surface area (Å²) in [5.41, 5.74) is 2.79. The number of benzene rings is 3. The molecule has 0 amide bonds. The van der Waals surface area contributed by atoms with Gasteiger partial charge in [0.1, 0.15) is 5.60 Å². The maximum atomic E-state index is 7.25. The van der Waals surface area contributed by atoms with E-state index in [4.69, 9.17) is 4.74 Å². The minimum atomic E-state index is -0.675. The summed E-state index contributed by atoms with van der Waals surface area (Å²) < 4.78 is 9.35. The van der Waals surface area contributed by atoms with E-state index in [1.807, 2.05) is 0 Å². The predicted octanol–water partition coefficient (Wildman–Crippen LogP) is 7.67. The smallest absolute Gasteiger partial charge is 0.144 e. The van der Waals surface area contributed by atoms with Crippen molar-refractivity contribution in [2.45, 2.75) is 31.0 Å². The summed E-state index contributed by atoms with van der Waals surface area (Å²) in [6, 6.07) is 31.9. The lowest BCUT2D eigenvalue weighted by Gasteiger charge is -2.40. The van der Waals surface area contributed by atoms with E-state index in [9.17, 15) is 0 Å². The van der Waals surface area contributed by atoms with Crippen molar-refractivity contribution >= 4 is 22.6 Å². The fourth-order valence-electron chi connectivity index (χ4n) is 4.41. The van der Waals surface area contributed by atoms with Crippen LogP contribution in [0.3, 0.4) is 0 Å². The van der Waals surface area contributed by atoms with Gasteiger partial charge < -0.3 is 4.74 Å². The highest BCUT2D eigenvalue weighted by atomic mass is 127. The van der Waals surface area contributed by atoms with Gasteiger partial charge >= 0.3 is 0 Å². The zero-order valence-corrected chi connectivity index (χ0v) is 19.2. The monoisotopic (exact) mass is 506 g/mol. The van der Waals surface area contributed by atoms with E-state index < -0.39 is 5.60 Å². The van der Waals surface area contributed by atoms with Gasteiger partial charge in [-0.25, -0.2) is 0 Å². The van der Waals surface area contributed by atoms with Crippen LogP contribution in [0.25, 0.3) is 0 Å². The molecule has 1 aliphatic rings. The first-order valence-electron chi connectivity index (χ1n) is 10.6. The summed E-state index contributed by atoms with van der Waals surface area (Å²) in [5, 5.41) is 0. The summed E-state index contributed by atoms with van der Waals surface area (Å²) in [6.45, 7) is 0. The molecule has 0 N–H and O–H groups in total. The molecule has 4 rings (SSSR count). The molecule has 3 aromatic rings. The SMILES string of the molecule is I/C=C/C(OC(c1ccccc1)(c1ccccc1)c1ccccc1)C1CC=CCC1. The van der Waals surface area contributed by atoms with Gasteiger partial charge in [0.15, 0.2) is 0 Å². The Bertz CT molecular complexity index is 867. The van der Waals surface area contributed by atoms with E-state index in [-0.39, 0.29) is 6.10 Å². The third kappa shape index (κ3) is 4.45. The Morgan fingerprint density at radius 3 is 1.67 bits per heavy atom. The largest absolute Gasteiger partial charge is 0.353 e. The number of hydrogen-bond donors (Lipinski definition) is 0. The van der Waals surface area contributed by atoms with Crippen LogP contribution in [0.2, 0.25) is 0 Å². The van der Waals surface area contributed by atoms with E-state index >= 15 is 0 Å². The van der Waals surface area contributed by atoms with Crippen LogP contribution in [0, 0.1) is 5.92 Å². The van der Waals surface area contributed by atoms with Gasteiger partial charge in [0, 0.05) is 0 Å². The highest BCUT2D eigenvalue weighted by molar-refractivity contribution is 14.1. The molecule has 1 nitrogen and oxygen atoms in total. The van der Waals surface area contributed by atoms with Crippen molar-refractivity contribution in [3.63, 3.8) is 0 Å². The Balaban J connectivity index is 1.91. The average molecular weight is 506 g/mol. The lowest BCUT2D eigenvalue weighted by atomic mass is 9.79. The maximum absolute atomic E-state index is 7.25. The van der Waals surface area contributed by atoms with Crippen LogP contribution in [0.4, 0.5) is 0 Å². The Labute approximate surface area is 193 Å². The summed E-state index contributed by atoms with van der Waals surface area (Å²) in [4.78, 5) is 0. The molecule has 2 unspecified atom stereocenters. The summed E-state index contributed by atoms with van der Waals surface area (Å²) >= 11 is 2.32. The Morgan fingerprint density at radius 2 is 1.27 bits per heavy atom. The first-order chi connectivity index (χ1) is 14.8. The molecular weight excluding hydrogens is 479 g/mol. The first-order valence-corrected chi connectivity index (χ1v) is 11.9. The molecule has 0 aromatic heterocycles. The number of rotatable bonds is 7. The van der Waals surface area contributed by atoms with Crippen LogP contribution in [0.1, 0.15) is 36.0 Å². The molecular formula is C28H27IO. The quantitative estimate of drug-likeness (QED) is 0.182. The van der Waals surface area contributed by atoms with Gasteiger partial charge in [-0.3, -0.25) is 0 Å². The number of halogens is 1. The second-order valence-corrected chi connectivity index (χ2v) is 8.44. The molecule has 0 fully saturated rings. The van der Waals surface area contributed by atoms with Gasteiger partial charge in [-0.1, -0.05) is 126 Å². The fourth-order valence-corrected chi connectivity index (χ4v) is 4.82. The third-order valence-corrected chi connectivity index (χ3v) is 6.31. The summed E-state index contributed by atoms with van der Waals surface area (Å²) in [7, 11) is 0. The van der Waals surface area contributed by atoms with Gasteiger partial charge in [-0.2, -0.15) is 0 Å². The van der Waals surface area contributed by atoms with Gasteiger partial charge in [0.05, 0.1) is 6.10 Å². The highest BCUT2D eigenvalue weighted by Gasteiger charge is 2.40. The number of hydrogen-bond acceptors (Lipinski definition) is 1. The molecule has 0 radical (unpaired) electrons. The van der Waals surface area contributed by atoms with E-state index in [1.54, 1.807) is 0 Å². The zero-order valence-electron chi connectivity index (χ0n) is 17.0. The molecule has 0 bridgehead atoms. The Hall–Kier alpha value is -2.17. The molecule has 152 valence electrons. The molecule has 3 aromatic carbocycles. The number of ether oxygens (including phenoxy) is 1. The first kappa shape index (κ1) is 21.1. The standard InChI is InChI=1S/C28H27IO/c29-22-21-27(23-13-5-1-6-14-23)30-28(24-15-7-2-8-16-24,25-17-9-3-10-18-25)26-19-11-4-12-20-26/h1-5,7-12,15-23,27H,6,13-14H2/b22-21+. The summed E-state index contributed by atoms with van der Waals surface area (Å²) in [6.07, 6.45) is 10.2. The van der Waals surface area contributed by atoms with Crippen LogP contribution < -0.4 is 0 Å². The van der Waals surface area contributed by atoms with Crippen molar-refractivity contribution in [2.75, 3.05) is 0 Å². The van der Waals surface area contributed by atoms with Crippen LogP contribution in [-0.2, 0) is 10.3 Å². The molecule has 0 aliphatic heterocycles. The average Bonchev–Trinajstić information content (AvgIpc) is 2.84. The predicted molar refractivity (Wildman–Crippen MR) is 134 cm³/mol. The molecule has 2 heteroatoms. The third-order valence-electron chi connectivity index (χ3n) is 5.89.